The molecular formula is C17H20N2O2. The van der Waals surface area contributed by atoms with Crippen molar-refractivity contribution >= 4 is 11.9 Å². The second kappa shape index (κ2) is 6.39. The van der Waals surface area contributed by atoms with Crippen LogP contribution in [0.25, 0.3) is 0 Å². The zero-order chi connectivity index (χ0) is 15.3. The molecule has 1 aromatic carbocycles. The Kier molecular flexibility index (Phi) is 4.58. The Morgan fingerprint density at radius 3 is 2.33 bits per heavy atom. The van der Waals surface area contributed by atoms with Crippen LogP contribution in [0.3, 0.4) is 0 Å². The number of benzene rings is 1. The van der Waals surface area contributed by atoms with Crippen LogP contribution in [0.15, 0.2) is 54.7 Å². The molecule has 1 amide bonds. The van der Waals surface area contributed by atoms with E-state index < -0.39 is 11.7 Å². The van der Waals surface area contributed by atoms with Gasteiger partial charge < -0.3 is 4.74 Å². The van der Waals surface area contributed by atoms with E-state index in [1.807, 2.05) is 63.2 Å². The van der Waals surface area contributed by atoms with Gasteiger partial charge in [0.05, 0.1) is 6.54 Å². The van der Waals surface area contributed by atoms with Crippen LogP contribution < -0.4 is 4.90 Å². The molecule has 1 aromatic heterocycles. The molecule has 2 rings (SSSR count). The number of carbonyl (C=O) groups excluding carboxylic acids is 1. The van der Waals surface area contributed by atoms with E-state index >= 15 is 0 Å². The SMILES string of the molecule is CC(C)(C)OC(=O)N(Cc1ccccc1)c1ccccn1. The predicted octanol–water partition coefficient (Wildman–Crippen LogP) is 4.02. The number of hydrogen-bond acceptors (Lipinski definition) is 3. The van der Waals surface area contributed by atoms with Gasteiger partial charge in [-0.05, 0) is 38.5 Å². The first-order chi connectivity index (χ1) is 9.96. The summed E-state index contributed by atoms with van der Waals surface area (Å²) in [6, 6.07) is 15.3. The molecule has 1 heterocycles. The summed E-state index contributed by atoms with van der Waals surface area (Å²) in [5, 5.41) is 0. The average molecular weight is 284 g/mol. The molecule has 0 radical (unpaired) electrons. The van der Waals surface area contributed by atoms with E-state index in [0.29, 0.717) is 12.4 Å². The number of pyridine rings is 1. The maximum Gasteiger partial charge on any atom is 0.416 e. The van der Waals surface area contributed by atoms with Gasteiger partial charge in [0, 0.05) is 6.20 Å². The van der Waals surface area contributed by atoms with Gasteiger partial charge in [0.1, 0.15) is 11.4 Å². The van der Waals surface area contributed by atoms with Gasteiger partial charge in [-0.15, -0.1) is 0 Å². The van der Waals surface area contributed by atoms with Crippen molar-refractivity contribution in [3.63, 3.8) is 0 Å². The smallest absolute Gasteiger partial charge is 0.416 e. The zero-order valence-corrected chi connectivity index (χ0v) is 12.6. The minimum Gasteiger partial charge on any atom is -0.443 e. The topological polar surface area (TPSA) is 42.4 Å². The standard InChI is InChI=1S/C17H20N2O2/c1-17(2,3)21-16(20)19(15-11-7-8-12-18-15)13-14-9-5-4-6-10-14/h4-12H,13H2,1-3H3. The average Bonchev–Trinajstić information content (AvgIpc) is 2.45. The molecule has 0 aliphatic rings. The largest absolute Gasteiger partial charge is 0.443 e. The Morgan fingerprint density at radius 1 is 1.10 bits per heavy atom. The fourth-order valence-electron chi connectivity index (χ4n) is 1.84. The monoisotopic (exact) mass is 284 g/mol. The minimum atomic E-state index is -0.541. The van der Waals surface area contributed by atoms with Gasteiger partial charge in [0.2, 0.25) is 0 Å². The number of carbonyl (C=O) groups is 1. The van der Waals surface area contributed by atoms with Crippen molar-refractivity contribution in [3.8, 4) is 0 Å². The highest BCUT2D eigenvalue weighted by Gasteiger charge is 2.24. The molecule has 0 aliphatic heterocycles. The highest BCUT2D eigenvalue weighted by molar-refractivity contribution is 5.86. The Bertz CT molecular complexity index is 577. The molecule has 4 heteroatoms. The van der Waals surface area contributed by atoms with Crippen LogP contribution in [0.4, 0.5) is 10.6 Å². The van der Waals surface area contributed by atoms with Gasteiger partial charge in [-0.2, -0.15) is 0 Å². The van der Waals surface area contributed by atoms with E-state index in [4.69, 9.17) is 4.74 Å². The van der Waals surface area contributed by atoms with Crippen molar-refractivity contribution in [2.75, 3.05) is 4.90 Å². The lowest BCUT2D eigenvalue weighted by Gasteiger charge is -2.26. The van der Waals surface area contributed by atoms with E-state index in [-0.39, 0.29) is 0 Å². The normalized spacial score (nSPS) is 11.0. The predicted molar refractivity (Wildman–Crippen MR) is 83.1 cm³/mol. The number of amides is 1. The molecule has 0 saturated heterocycles. The number of rotatable bonds is 3. The molecule has 2 aromatic rings. The van der Waals surface area contributed by atoms with Crippen LogP contribution in [-0.2, 0) is 11.3 Å². The molecule has 21 heavy (non-hydrogen) atoms. The summed E-state index contributed by atoms with van der Waals surface area (Å²) in [6.45, 7) is 5.98. The van der Waals surface area contributed by atoms with Crippen LogP contribution >= 0.6 is 0 Å². The van der Waals surface area contributed by atoms with Crippen LogP contribution in [0.2, 0.25) is 0 Å². The molecule has 0 bridgehead atoms. The third-order valence-electron chi connectivity index (χ3n) is 2.72. The summed E-state index contributed by atoms with van der Waals surface area (Å²) in [6.07, 6.45) is 1.27. The zero-order valence-electron chi connectivity index (χ0n) is 12.6. The molecule has 4 nitrogen and oxygen atoms in total. The van der Waals surface area contributed by atoms with Crippen molar-refractivity contribution in [2.45, 2.75) is 32.9 Å². The quantitative estimate of drug-likeness (QED) is 0.854. The fraction of sp³-hybridized carbons (Fsp3) is 0.294. The van der Waals surface area contributed by atoms with E-state index in [0.717, 1.165) is 5.56 Å². The molecular weight excluding hydrogens is 264 g/mol. The van der Waals surface area contributed by atoms with Gasteiger partial charge in [-0.25, -0.2) is 9.78 Å². The van der Waals surface area contributed by atoms with Gasteiger partial charge in [-0.1, -0.05) is 36.4 Å². The van der Waals surface area contributed by atoms with Crippen molar-refractivity contribution in [2.24, 2.45) is 0 Å². The number of aromatic nitrogens is 1. The third kappa shape index (κ3) is 4.60. The molecule has 0 spiro atoms. The van der Waals surface area contributed by atoms with Crippen LogP contribution in [0, 0.1) is 0 Å². The lowest BCUT2D eigenvalue weighted by molar-refractivity contribution is 0.0576. The molecule has 0 unspecified atom stereocenters. The Balaban J connectivity index is 2.25. The van der Waals surface area contributed by atoms with Crippen molar-refractivity contribution in [1.29, 1.82) is 0 Å². The Labute approximate surface area is 125 Å². The molecule has 0 saturated carbocycles. The summed E-state index contributed by atoms with van der Waals surface area (Å²) in [7, 11) is 0. The first kappa shape index (κ1) is 15.0. The number of nitrogens with zero attached hydrogens (tertiary/aromatic N) is 2. The lowest BCUT2D eigenvalue weighted by Crippen LogP contribution is -2.36. The number of anilines is 1. The third-order valence-corrected chi connectivity index (χ3v) is 2.72. The lowest BCUT2D eigenvalue weighted by atomic mass is 10.2. The van der Waals surface area contributed by atoms with E-state index in [1.54, 1.807) is 17.2 Å². The maximum atomic E-state index is 12.4. The van der Waals surface area contributed by atoms with Crippen LogP contribution in [-0.4, -0.2) is 16.7 Å². The van der Waals surface area contributed by atoms with Crippen molar-refractivity contribution < 1.29 is 9.53 Å². The summed E-state index contributed by atoms with van der Waals surface area (Å²) >= 11 is 0. The summed E-state index contributed by atoms with van der Waals surface area (Å²) in [4.78, 5) is 18.2. The molecule has 0 atom stereocenters. The van der Waals surface area contributed by atoms with Gasteiger partial charge in [0.25, 0.3) is 0 Å². The first-order valence-corrected chi connectivity index (χ1v) is 6.91. The molecule has 0 fully saturated rings. The maximum absolute atomic E-state index is 12.4. The number of hydrogen-bond donors (Lipinski definition) is 0. The molecule has 110 valence electrons. The molecule has 0 N–H and O–H groups in total. The van der Waals surface area contributed by atoms with Crippen molar-refractivity contribution in [3.05, 3.63) is 60.3 Å². The number of ether oxygens (including phenoxy) is 1. The summed E-state index contributed by atoms with van der Waals surface area (Å²) < 4.78 is 5.47. The minimum absolute atomic E-state index is 0.398. The van der Waals surface area contributed by atoms with Crippen LogP contribution in [0.5, 0.6) is 0 Å². The molecule has 0 aliphatic carbocycles. The fourth-order valence-corrected chi connectivity index (χ4v) is 1.84. The van der Waals surface area contributed by atoms with Crippen molar-refractivity contribution in [1.82, 2.24) is 4.98 Å². The highest BCUT2D eigenvalue weighted by atomic mass is 16.6. The van der Waals surface area contributed by atoms with E-state index in [9.17, 15) is 4.79 Å². The van der Waals surface area contributed by atoms with Gasteiger partial charge in [-0.3, -0.25) is 4.90 Å². The summed E-state index contributed by atoms with van der Waals surface area (Å²) in [5.41, 5.74) is 0.481. The van der Waals surface area contributed by atoms with Gasteiger partial charge in [0.15, 0.2) is 0 Å². The summed E-state index contributed by atoms with van der Waals surface area (Å²) in [5.74, 6) is 0.579. The first-order valence-electron chi connectivity index (χ1n) is 6.91. The van der Waals surface area contributed by atoms with Gasteiger partial charge >= 0.3 is 6.09 Å². The highest BCUT2D eigenvalue weighted by Crippen LogP contribution is 2.18. The van der Waals surface area contributed by atoms with E-state index in [2.05, 4.69) is 4.98 Å². The Hall–Kier alpha value is -2.36. The second-order valence-corrected chi connectivity index (χ2v) is 5.74. The van der Waals surface area contributed by atoms with E-state index in [1.165, 1.54) is 0 Å². The van der Waals surface area contributed by atoms with Crippen LogP contribution in [0.1, 0.15) is 26.3 Å². The second-order valence-electron chi connectivity index (χ2n) is 5.74. The Morgan fingerprint density at radius 2 is 1.76 bits per heavy atom.